The first-order valence-electron chi connectivity index (χ1n) is 13.6. The van der Waals surface area contributed by atoms with E-state index in [1.807, 2.05) is 7.11 Å². The van der Waals surface area contributed by atoms with Crippen LogP contribution in [-0.2, 0) is 21.7 Å². The first-order chi connectivity index (χ1) is 18.4. The minimum Gasteiger partial charge on any atom is -0.375 e. The van der Waals surface area contributed by atoms with Gasteiger partial charge in [-0.1, -0.05) is 36.4 Å². The molecule has 0 radical (unpaired) electrons. The molecule has 7 heteroatoms. The molecule has 3 aliphatic heterocycles. The van der Waals surface area contributed by atoms with E-state index in [-0.39, 0.29) is 24.3 Å². The van der Waals surface area contributed by atoms with Crippen LogP contribution in [0.4, 0.5) is 0 Å². The van der Waals surface area contributed by atoms with Crippen LogP contribution in [0.2, 0.25) is 0 Å². The van der Waals surface area contributed by atoms with Crippen LogP contribution in [0, 0.1) is 0 Å². The quantitative estimate of drug-likeness (QED) is 0.351. The Balaban J connectivity index is 1.65. The van der Waals surface area contributed by atoms with E-state index in [0.717, 1.165) is 61.2 Å². The Bertz CT molecular complexity index is 1830. The first kappa shape index (κ1) is 22.6. The molecule has 4 atom stereocenters. The van der Waals surface area contributed by atoms with Crippen LogP contribution >= 0.6 is 0 Å². The average molecular weight is 509 g/mol. The lowest BCUT2D eigenvalue weighted by atomic mass is 9.91. The van der Waals surface area contributed by atoms with Crippen LogP contribution in [0.1, 0.15) is 49.3 Å². The normalized spacial score (nSPS) is 26.4. The number of methoxy groups -OCH3 is 1. The van der Waals surface area contributed by atoms with Crippen LogP contribution in [-0.4, -0.2) is 52.3 Å². The summed E-state index contributed by atoms with van der Waals surface area (Å²) in [6.07, 6.45) is 0.359. The van der Waals surface area contributed by atoms with E-state index in [1.165, 1.54) is 0 Å². The van der Waals surface area contributed by atoms with E-state index in [9.17, 15) is 4.79 Å². The van der Waals surface area contributed by atoms with Gasteiger partial charge >= 0.3 is 0 Å². The standard InChI is InChI=1S/C31H32N4O3/c1-16(2)33(4)22-14-23-34-20-12-8-6-10-17(20)25-26-19(15-32-30(26)36)24-18-11-7-9-13-21(18)35(28(24)27(25)34)31(3,38-23)29(22)37-5/h6-13,16,22-23,29H,14-15H2,1-5H3,(H,32,36)/t22-,23-,29-,31+/m1/s1. The molecule has 0 spiro atoms. The number of nitrogens with zero attached hydrogens (tertiary/aromatic N) is 3. The van der Waals surface area contributed by atoms with E-state index < -0.39 is 5.72 Å². The van der Waals surface area contributed by atoms with Gasteiger partial charge in [0.2, 0.25) is 0 Å². The van der Waals surface area contributed by atoms with Gasteiger partial charge in [-0.3, -0.25) is 9.69 Å². The van der Waals surface area contributed by atoms with Gasteiger partial charge in [-0.15, -0.1) is 0 Å². The fourth-order valence-corrected chi connectivity index (χ4v) is 7.79. The third-order valence-corrected chi connectivity index (χ3v) is 9.53. The number of fused-ring (bicyclic) bond motifs is 13. The van der Waals surface area contributed by atoms with Crippen molar-refractivity contribution in [2.45, 2.75) is 63.9 Å². The number of aromatic nitrogens is 2. The van der Waals surface area contributed by atoms with Gasteiger partial charge in [-0.05, 0) is 45.5 Å². The molecule has 0 saturated carbocycles. The number of hydrogen-bond donors (Lipinski definition) is 1. The Morgan fingerprint density at radius 3 is 2.45 bits per heavy atom. The minimum atomic E-state index is -0.774. The summed E-state index contributed by atoms with van der Waals surface area (Å²) < 4.78 is 18.4. The fourth-order valence-electron chi connectivity index (χ4n) is 7.79. The summed E-state index contributed by atoms with van der Waals surface area (Å²) in [6.45, 7) is 7.19. The number of carbonyl (C=O) groups excluding carboxylic acids is 1. The monoisotopic (exact) mass is 508 g/mol. The number of hydrogen-bond acceptors (Lipinski definition) is 4. The van der Waals surface area contributed by atoms with Crippen molar-refractivity contribution in [3.63, 3.8) is 0 Å². The van der Waals surface area contributed by atoms with E-state index in [1.54, 1.807) is 0 Å². The summed E-state index contributed by atoms with van der Waals surface area (Å²) in [4.78, 5) is 15.9. The maximum atomic E-state index is 13.4. The molecule has 38 heavy (non-hydrogen) atoms. The second kappa shape index (κ2) is 7.38. The molecule has 1 amide bonds. The lowest BCUT2D eigenvalue weighted by Crippen LogP contribution is -2.61. The van der Waals surface area contributed by atoms with Gasteiger partial charge in [-0.2, -0.15) is 0 Å². The highest BCUT2D eigenvalue weighted by Gasteiger charge is 2.54. The van der Waals surface area contributed by atoms with Crippen molar-refractivity contribution in [3.8, 4) is 0 Å². The number of rotatable bonds is 3. The van der Waals surface area contributed by atoms with E-state index in [4.69, 9.17) is 9.47 Å². The van der Waals surface area contributed by atoms with Crippen LogP contribution in [0.25, 0.3) is 43.6 Å². The highest BCUT2D eigenvalue weighted by atomic mass is 16.6. The van der Waals surface area contributed by atoms with Gasteiger partial charge in [0.1, 0.15) is 12.3 Å². The van der Waals surface area contributed by atoms with Crippen LogP contribution in [0.3, 0.4) is 0 Å². The van der Waals surface area contributed by atoms with Gasteiger partial charge in [0, 0.05) is 53.7 Å². The Hall–Kier alpha value is -3.39. The van der Waals surface area contributed by atoms with Gasteiger partial charge in [0.25, 0.3) is 5.91 Å². The summed E-state index contributed by atoms with van der Waals surface area (Å²) in [5.74, 6) is 0.00756. The lowest BCUT2D eigenvalue weighted by molar-refractivity contribution is -0.269. The topological polar surface area (TPSA) is 60.7 Å². The molecule has 0 unspecified atom stereocenters. The van der Waals surface area contributed by atoms with Crippen molar-refractivity contribution in [3.05, 3.63) is 59.7 Å². The van der Waals surface area contributed by atoms with Crippen LogP contribution < -0.4 is 5.32 Å². The molecule has 1 N–H and O–H groups in total. The molecule has 3 aliphatic rings. The summed E-state index contributed by atoms with van der Waals surface area (Å²) >= 11 is 0. The second-order valence-electron chi connectivity index (χ2n) is 11.6. The number of carbonyl (C=O) groups is 1. The molecule has 1 saturated heterocycles. The predicted octanol–water partition coefficient (Wildman–Crippen LogP) is 5.47. The highest BCUT2D eigenvalue weighted by Crippen LogP contribution is 2.54. The molecule has 0 aliphatic carbocycles. The summed E-state index contributed by atoms with van der Waals surface area (Å²) in [6, 6.07) is 17.5. The number of ether oxygens (including phenoxy) is 2. The SMILES string of the molecule is CO[C@@H]1[C@H](N(C)C(C)C)C[C@H]2O[C@]1(C)n1c3ccccc3c3c4c(c5c6ccccc6n2c5c31)C(=O)NC4. The van der Waals surface area contributed by atoms with Crippen molar-refractivity contribution >= 4 is 49.5 Å². The molecule has 194 valence electrons. The highest BCUT2D eigenvalue weighted by molar-refractivity contribution is 6.31. The summed E-state index contributed by atoms with van der Waals surface area (Å²) in [5, 5.41) is 7.57. The Kier molecular flexibility index (Phi) is 4.38. The first-order valence-corrected chi connectivity index (χ1v) is 13.6. The van der Waals surface area contributed by atoms with Gasteiger partial charge in [-0.25, -0.2) is 0 Å². The second-order valence-corrected chi connectivity index (χ2v) is 11.6. The third kappa shape index (κ3) is 2.48. The number of nitrogens with one attached hydrogen (secondary N) is 1. The minimum absolute atomic E-state index is 0.00756. The molecule has 3 aromatic carbocycles. The van der Waals surface area contributed by atoms with Crippen molar-refractivity contribution < 1.29 is 14.3 Å². The van der Waals surface area contributed by atoms with Crippen molar-refractivity contribution in [2.75, 3.05) is 14.2 Å². The van der Waals surface area contributed by atoms with Gasteiger partial charge in [0.05, 0.1) is 27.6 Å². The van der Waals surface area contributed by atoms with Crippen molar-refractivity contribution in [1.29, 1.82) is 0 Å². The third-order valence-electron chi connectivity index (χ3n) is 9.53. The molecule has 2 bridgehead atoms. The smallest absolute Gasteiger partial charge is 0.252 e. The molecule has 1 fully saturated rings. The lowest BCUT2D eigenvalue weighted by Gasteiger charge is -2.51. The largest absolute Gasteiger partial charge is 0.375 e. The predicted molar refractivity (Wildman–Crippen MR) is 149 cm³/mol. The molecular weight excluding hydrogens is 476 g/mol. The Labute approximate surface area is 220 Å². The summed E-state index contributed by atoms with van der Waals surface area (Å²) in [5.41, 5.74) is 5.55. The molecular formula is C31H32N4O3. The van der Waals surface area contributed by atoms with Gasteiger partial charge in [0.15, 0.2) is 5.72 Å². The number of amides is 1. The zero-order valence-electron chi connectivity index (χ0n) is 22.4. The number of para-hydroxylation sites is 2. The van der Waals surface area contributed by atoms with Crippen LogP contribution in [0.15, 0.2) is 48.5 Å². The van der Waals surface area contributed by atoms with Crippen molar-refractivity contribution in [1.82, 2.24) is 19.4 Å². The van der Waals surface area contributed by atoms with E-state index in [0.29, 0.717) is 12.6 Å². The number of benzene rings is 3. The Morgan fingerprint density at radius 1 is 1.05 bits per heavy atom. The zero-order valence-corrected chi connectivity index (χ0v) is 22.4. The zero-order chi connectivity index (χ0) is 26.1. The maximum Gasteiger partial charge on any atom is 0.252 e. The average Bonchev–Trinajstić information content (AvgIpc) is 3.55. The Morgan fingerprint density at radius 2 is 1.74 bits per heavy atom. The molecule has 2 aromatic heterocycles. The molecule has 7 nitrogen and oxygen atoms in total. The maximum absolute atomic E-state index is 13.4. The molecule has 8 rings (SSSR count). The van der Waals surface area contributed by atoms with Gasteiger partial charge < -0.3 is 23.9 Å². The van der Waals surface area contributed by atoms with Crippen molar-refractivity contribution in [2.24, 2.45) is 0 Å². The summed E-state index contributed by atoms with van der Waals surface area (Å²) in [7, 11) is 4.01. The molecule has 5 aromatic rings. The number of likely N-dealkylation sites (N-methyl/N-ethyl adjacent to an activating group) is 1. The fraction of sp³-hybridized carbons (Fsp3) is 0.387. The van der Waals surface area contributed by atoms with E-state index in [2.05, 4.69) is 95.7 Å². The molecule has 5 heterocycles. The van der Waals surface area contributed by atoms with Crippen LogP contribution in [0.5, 0.6) is 0 Å². The van der Waals surface area contributed by atoms with E-state index >= 15 is 0 Å².